The summed E-state index contributed by atoms with van der Waals surface area (Å²) >= 11 is 0. The largest absolute Gasteiger partial charge is 0.381 e. The van der Waals surface area contributed by atoms with Crippen LogP contribution in [0.4, 0.5) is 0 Å². The summed E-state index contributed by atoms with van der Waals surface area (Å²) in [7, 11) is 3.31. The maximum Gasteiger partial charge on any atom is 0.0652 e. The summed E-state index contributed by atoms with van der Waals surface area (Å²) in [6, 6.07) is 0. The average Bonchev–Trinajstić information content (AvgIpc) is 1.97. The molecule has 2 nitrogen and oxygen atoms in total. The maximum atomic E-state index is 4.78. The molecule has 0 saturated heterocycles. The van der Waals surface area contributed by atoms with E-state index in [0.29, 0.717) is 13.2 Å². The summed E-state index contributed by atoms with van der Waals surface area (Å²) < 4.78 is 9.54. The van der Waals surface area contributed by atoms with E-state index >= 15 is 0 Å². The maximum absolute atomic E-state index is 4.78. The molecule has 0 aromatic carbocycles. The van der Waals surface area contributed by atoms with Gasteiger partial charge in [-0.25, -0.2) is 0 Å². The number of ether oxygens (including phenoxy) is 2. The number of methoxy groups -OCH3 is 2. The second-order valence-corrected chi connectivity index (χ2v) is 1.68. The third kappa shape index (κ3) is 7.40. The fraction of sp³-hybridized carbons (Fsp3) is 0.500. The Morgan fingerprint density at radius 1 is 1.20 bits per heavy atom. The third-order valence-electron chi connectivity index (χ3n) is 0.845. The van der Waals surface area contributed by atoms with Crippen molar-refractivity contribution in [2.45, 2.75) is 0 Å². The van der Waals surface area contributed by atoms with Crippen molar-refractivity contribution in [1.82, 2.24) is 0 Å². The van der Waals surface area contributed by atoms with E-state index in [1.807, 2.05) is 18.2 Å². The number of allylic oxidation sites excluding steroid dienone is 2. The lowest BCUT2D eigenvalue weighted by molar-refractivity contribution is 0.233. The molecule has 57 valence electrons. The SMILES string of the molecule is COCC=C/[C]=C/COC. The van der Waals surface area contributed by atoms with Crippen molar-refractivity contribution in [1.29, 1.82) is 0 Å². The third-order valence-corrected chi connectivity index (χ3v) is 0.845. The first kappa shape index (κ1) is 9.40. The van der Waals surface area contributed by atoms with Crippen molar-refractivity contribution >= 4 is 0 Å². The van der Waals surface area contributed by atoms with Crippen molar-refractivity contribution in [2.24, 2.45) is 0 Å². The molecule has 2 heteroatoms. The van der Waals surface area contributed by atoms with Crippen LogP contribution in [0.15, 0.2) is 18.2 Å². The minimum absolute atomic E-state index is 0.608. The van der Waals surface area contributed by atoms with Gasteiger partial charge in [-0.05, 0) is 6.08 Å². The molecular formula is C8H13O2. The van der Waals surface area contributed by atoms with E-state index in [1.165, 1.54) is 0 Å². The lowest BCUT2D eigenvalue weighted by atomic mass is 10.4. The lowest BCUT2D eigenvalue weighted by Gasteiger charge is -1.85. The summed E-state index contributed by atoms with van der Waals surface area (Å²) in [6.07, 6.45) is 8.41. The first-order chi connectivity index (χ1) is 4.91. The van der Waals surface area contributed by atoms with Crippen LogP contribution in [0, 0.1) is 6.08 Å². The molecule has 0 saturated carbocycles. The van der Waals surface area contributed by atoms with Gasteiger partial charge in [0.1, 0.15) is 0 Å². The zero-order valence-corrected chi connectivity index (χ0v) is 6.46. The van der Waals surface area contributed by atoms with Crippen molar-refractivity contribution in [3.8, 4) is 0 Å². The molecule has 0 unspecified atom stereocenters. The summed E-state index contributed by atoms with van der Waals surface area (Å²) in [4.78, 5) is 0. The Labute approximate surface area is 62.1 Å². The normalized spacial score (nSPS) is 11.8. The smallest absolute Gasteiger partial charge is 0.0652 e. The summed E-state index contributed by atoms with van der Waals surface area (Å²) in [5.41, 5.74) is 0. The summed E-state index contributed by atoms with van der Waals surface area (Å²) in [5, 5.41) is 0. The van der Waals surface area contributed by atoms with Crippen molar-refractivity contribution in [3.63, 3.8) is 0 Å². The highest BCUT2D eigenvalue weighted by atomic mass is 16.5. The van der Waals surface area contributed by atoms with Gasteiger partial charge in [-0.2, -0.15) is 0 Å². The van der Waals surface area contributed by atoms with Crippen LogP contribution in [0.3, 0.4) is 0 Å². The molecule has 0 aromatic rings. The van der Waals surface area contributed by atoms with Gasteiger partial charge in [-0.3, -0.25) is 0 Å². The highest BCUT2D eigenvalue weighted by Gasteiger charge is 1.70. The second kappa shape index (κ2) is 8.40. The molecule has 0 aliphatic rings. The Morgan fingerprint density at radius 2 is 1.90 bits per heavy atom. The molecule has 0 fully saturated rings. The quantitative estimate of drug-likeness (QED) is 0.535. The van der Waals surface area contributed by atoms with Crippen LogP contribution < -0.4 is 0 Å². The van der Waals surface area contributed by atoms with Crippen LogP contribution in [0.25, 0.3) is 0 Å². The van der Waals surface area contributed by atoms with Gasteiger partial charge in [0.05, 0.1) is 13.2 Å². The molecule has 0 atom stereocenters. The average molecular weight is 141 g/mol. The van der Waals surface area contributed by atoms with Gasteiger partial charge >= 0.3 is 0 Å². The van der Waals surface area contributed by atoms with Crippen LogP contribution in [-0.2, 0) is 9.47 Å². The van der Waals surface area contributed by atoms with Crippen molar-refractivity contribution in [3.05, 3.63) is 24.3 Å². The molecule has 1 radical (unpaired) electrons. The Bertz CT molecular complexity index is 91.8. The van der Waals surface area contributed by atoms with E-state index < -0.39 is 0 Å². The van der Waals surface area contributed by atoms with Crippen molar-refractivity contribution < 1.29 is 9.47 Å². The van der Waals surface area contributed by atoms with Gasteiger partial charge in [0.15, 0.2) is 0 Å². The van der Waals surface area contributed by atoms with Crippen LogP contribution in [0.5, 0.6) is 0 Å². The van der Waals surface area contributed by atoms with Crippen LogP contribution in [0.1, 0.15) is 0 Å². The van der Waals surface area contributed by atoms with Gasteiger partial charge in [0.2, 0.25) is 0 Å². The first-order valence-electron chi connectivity index (χ1n) is 3.12. The van der Waals surface area contributed by atoms with Gasteiger partial charge in [-0.1, -0.05) is 18.2 Å². The molecule has 0 rings (SSSR count). The van der Waals surface area contributed by atoms with E-state index in [-0.39, 0.29) is 0 Å². The Balaban J connectivity index is 3.15. The molecule has 0 aliphatic carbocycles. The van der Waals surface area contributed by atoms with Crippen LogP contribution >= 0.6 is 0 Å². The van der Waals surface area contributed by atoms with Crippen molar-refractivity contribution in [2.75, 3.05) is 27.4 Å². The standard InChI is InChI=1S/C8H13O2/c1-9-7-5-3-4-6-8-10-2/h3,5-6H,7-8H2,1-2H3. The highest BCUT2D eigenvalue weighted by Crippen LogP contribution is 1.77. The van der Waals surface area contributed by atoms with Gasteiger partial charge < -0.3 is 9.47 Å². The molecule has 0 bridgehead atoms. The highest BCUT2D eigenvalue weighted by molar-refractivity contribution is 4.95. The van der Waals surface area contributed by atoms with E-state index in [1.54, 1.807) is 14.2 Å². The minimum Gasteiger partial charge on any atom is -0.381 e. The predicted molar refractivity (Wildman–Crippen MR) is 40.7 cm³/mol. The van der Waals surface area contributed by atoms with Gasteiger partial charge in [0.25, 0.3) is 0 Å². The molecular weight excluding hydrogens is 128 g/mol. The monoisotopic (exact) mass is 141 g/mol. The molecule has 10 heavy (non-hydrogen) atoms. The first-order valence-corrected chi connectivity index (χ1v) is 3.12. The molecule has 0 amide bonds. The number of hydrogen-bond donors (Lipinski definition) is 0. The summed E-state index contributed by atoms with van der Waals surface area (Å²) in [5.74, 6) is 0. The lowest BCUT2D eigenvalue weighted by Crippen LogP contribution is -1.81. The Morgan fingerprint density at radius 3 is 2.50 bits per heavy atom. The minimum atomic E-state index is 0.608. The van der Waals surface area contributed by atoms with E-state index in [4.69, 9.17) is 9.47 Å². The molecule has 0 spiro atoms. The summed E-state index contributed by atoms with van der Waals surface area (Å²) in [6.45, 7) is 1.24. The van der Waals surface area contributed by atoms with Gasteiger partial charge in [0, 0.05) is 14.2 Å². The molecule has 0 N–H and O–H groups in total. The Hall–Kier alpha value is -0.600. The predicted octanol–water partition coefficient (Wildman–Crippen LogP) is 1.19. The van der Waals surface area contributed by atoms with Crippen LogP contribution in [-0.4, -0.2) is 27.4 Å². The molecule has 0 aliphatic heterocycles. The number of rotatable bonds is 5. The van der Waals surface area contributed by atoms with E-state index in [2.05, 4.69) is 6.08 Å². The fourth-order valence-electron chi connectivity index (χ4n) is 0.412. The number of hydrogen-bond acceptors (Lipinski definition) is 2. The fourth-order valence-corrected chi connectivity index (χ4v) is 0.412. The molecule has 0 heterocycles. The van der Waals surface area contributed by atoms with E-state index in [9.17, 15) is 0 Å². The van der Waals surface area contributed by atoms with E-state index in [0.717, 1.165) is 0 Å². The van der Waals surface area contributed by atoms with Gasteiger partial charge in [-0.15, -0.1) is 0 Å². The topological polar surface area (TPSA) is 18.5 Å². The molecule has 0 aromatic heterocycles. The zero-order valence-electron chi connectivity index (χ0n) is 6.46. The Kier molecular flexibility index (Phi) is 7.90. The van der Waals surface area contributed by atoms with Crippen LogP contribution in [0.2, 0.25) is 0 Å². The zero-order chi connectivity index (χ0) is 7.66. The second-order valence-electron chi connectivity index (χ2n) is 1.68.